The minimum Gasteiger partial charge on any atom is -0.330 e. The third-order valence-electron chi connectivity index (χ3n) is 3.75. The Morgan fingerprint density at radius 2 is 1.89 bits per heavy atom. The Balaban J connectivity index is 2.33. The topological polar surface area (TPSA) is 42.1 Å². The first-order valence-electron chi connectivity index (χ1n) is 7.39. The van der Waals surface area contributed by atoms with Crippen LogP contribution >= 0.6 is 0 Å². The van der Waals surface area contributed by atoms with Crippen LogP contribution in [0.15, 0.2) is 24.5 Å². The van der Waals surface area contributed by atoms with E-state index in [-0.39, 0.29) is 0 Å². The lowest BCUT2D eigenvalue weighted by Crippen LogP contribution is -2.26. The monoisotopic (exact) mass is 263 g/mol. The van der Waals surface area contributed by atoms with E-state index in [1.165, 1.54) is 18.4 Å². The lowest BCUT2D eigenvalue weighted by Gasteiger charge is -2.26. The predicted octanol–water partition coefficient (Wildman–Crippen LogP) is 3.06. The maximum Gasteiger partial charge on any atom is 0.0271 e. The maximum atomic E-state index is 5.66. The number of aromatic nitrogens is 1. The Hall–Kier alpha value is -0.930. The predicted molar refractivity (Wildman–Crippen MR) is 81.9 cm³/mol. The highest BCUT2D eigenvalue weighted by Gasteiger charge is 2.16. The van der Waals surface area contributed by atoms with Gasteiger partial charge in [-0.1, -0.05) is 20.8 Å². The van der Waals surface area contributed by atoms with Crippen LogP contribution in [0.25, 0.3) is 0 Å². The number of hydrogen-bond donors (Lipinski definition) is 1. The van der Waals surface area contributed by atoms with E-state index in [1.54, 1.807) is 0 Å². The third kappa shape index (κ3) is 6.69. The number of hydrogen-bond acceptors (Lipinski definition) is 3. The third-order valence-corrected chi connectivity index (χ3v) is 3.75. The van der Waals surface area contributed by atoms with E-state index < -0.39 is 0 Å². The summed E-state index contributed by atoms with van der Waals surface area (Å²) in [6, 6.07) is 4.20. The van der Waals surface area contributed by atoms with Gasteiger partial charge in [0.2, 0.25) is 0 Å². The maximum absolute atomic E-state index is 5.66. The van der Waals surface area contributed by atoms with Crippen LogP contribution in [-0.2, 0) is 6.54 Å². The van der Waals surface area contributed by atoms with E-state index in [0.29, 0.717) is 5.41 Å². The van der Waals surface area contributed by atoms with Crippen LogP contribution in [0.2, 0.25) is 0 Å². The van der Waals surface area contributed by atoms with Gasteiger partial charge < -0.3 is 5.73 Å². The smallest absolute Gasteiger partial charge is 0.0271 e. The van der Waals surface area contributed by atoms with Crippen molar-refractivity contribution >= 4 is 0 Å². The Morgan fingerprint density at radius 3 is 2.47 bits per heavy atom. The van der Waals surface area contributed by atoms with Crippen LogP contribution in [0.1, 0.15) is 45.6 Å². The molecule has 0 aliphatic rings. The molecule has 0 aromatic carbocycles. The van der Waals surface area contributed by atoms with Gasteiger partial charge in [0.05, 0.1) is 0 Å². The lowest BCUT2D eigenvalue weighted by molar-refractivity contribution is 0.237. The zero-order valence-corrected chi connectivity index (χ0v) is 12.7. The summed E-state index contributed by atoms with van der Waals surface area (Å²) in [6.45, 7) is 10.9. The lowest BCUT2D eigenvalue weighted by atomic mass is 9.84. The zero-order chi connectivity index (χ0) is 14.1. The molecular weight excluding hydrogens is 234 g/mol. The average Bonchev–Trinajstić information content (AvgIpc) is 2.38. The largest absolute Gasteiger partial charge is 0.330 e. The van der Waals surface area contributed by atoms with Gasteiger partial charge in [-0.3, -0.25) is 9.88 Å². The molecule has 19 heavy (non-hydrogen) atoms. The van der Waals surface area contributed by atoms with Crippen molar-refractivity contribution in [1.82, 2.24) is 9.88 Å². The van der Waals surface area contributed by atoms with Crippen LogP contribution in [0.5, 0.6) is 0 Å². The van der Waals surface area contributed by atoms with Crippen molar-refractivity contribution in [2.24, 2.45) is 11.1 Å². The summed E-state index contributed by atoms with van der Waals surface area (Å²) >= 11 is 0. The summed E-state index contributed by atoms with van der Waals surface area (Å²) in [5.41, 5.74) is 7.38. The minimum atomic E-state index is 0.380. The summed E-state index contributed by atoms with van der Waals surface area (Å²) < 4.78 is 0. The molecule has 1 aromatic heterocycles. The molecule has 2 N–H and O–H groups in total. The van der Waals surface area contributed by atoms with Gasteiger partial charge in [0.1, 0.15) is 0 Å². The minimum absolute atomic E-state index is 0.380. The number of nitrogens with zero attached hydrogens (tertiary/aromatic N) is 2. The number of pyridine rings is 1. The molecule has 108 valence electrons. The summed E-state index contributed by atoms with van der Waals surface area (Å²) in [5.74, 6) is 0. The molecule has 1 rings (SSSR count). The van der Waals surface area contributed by atoms with Gasteiger partial charge in [-0.25, -0.2) is 0 Å². The fourth-order valence-corrected chi connectivity index (χ4v) is 2.39. The average molecular weight is 263 g/mol. The highest BCUT2D eigenvalue weighted by Crippen LogP contribution is 2.26. The molecule has 0 unspecified atom stereocenters. The van der Waals surface area contributed by atoms with E-state index in [1.807, 2.05) is 12.4 Å². The summed E-state index contributed by atoms with van der Waals surface area (Å²) in [6.07, 6.45) is 7.34. The highest BCUT2D eigenvalue weighted by molar-refractivity contribution is 5.09. The molecule has 3 heteroatoms. The number of rotatable bonds is 9. The molecule has 0 spiro atoms. The van der Waals surface area contributed by atoms with Crippen LogP contribution in [0.3, 0.4) is 0 Å². The zero-order valence-electron chi connectivity index (χ0n) is 12.7. The van der Waals surface area contributed by atoms with E-state index in [4.69, 9.17) is 5.73 Å². The molecule has 0 bridgehead atoms. The van der Waals surface area contributed by atoms with Gasteiger partial charge in [-0.05, 0) is 62.0 Å². The van der Waals surface area contributed by atoms with Crippen molar-refractivity contribution in [2.75, 3.05) is 19.6 Å². The Morgan fingerprint density at radius 1 is 1.21 bits per heavy atom. The van der Waals surface area contributed by atoms with E-state index >= 15 is 0 Å². The van der Waals surface area contributed by atoms with Crippen molar-refractivity contribution in [3.8, 4) is 0 Å². The second-order valence-corrected chi connectivity index (χ2v) is 6.03. The first-order valence-corrected chi connectivity index (χ1v) is 7.39. The summed E-state index contributed by atoms with van der Waals surface area (Å²) in [7, 11) is 0. The van der Waals surface area contributed by atoms with Gasteiger partial charge in [-0.15, -0.1) is 0 Å². The second kappa shape index (κ2) is 8.28. The molecule has 0 radical (unpaired) electrons. The summed E-state index contributed by atoms with van der Waals surface area (Å²) in [4.78, 5) is 6.56. The molecule has 0 saturated carbocycles. The summed E-state index contributed by atoms with van der Waals surface area (Å²) in [5, 5.41) is 0. The SMILES string of the molecule is CCN(CCCC(C)(C)CCN)Cc1ccncc1. The van der Waals surface area contributed by atoms with E-state index in [2.05, 4.69) is 42.8 Å². The van der Waals surface area contributed by atoms with Crippen LogP contribution < -0.4 is 5.73 Å². The van der Waals surface area contributed by atoms with Crippen molar-refractivity contribution in [3.05, 3.63) is 30.1 Å². The molecule has 0 saturated heterocycles. The van der Waals surface area contributed by atoms with Crippen molar-refractivity contribution in [1.29, 1.82) is 0 Å². The van der Waals surface area contributed by atoms with Crippen molar-refractivity contribution in [3.63, 3.8) is 0 Å². The first-order chi connectivity index (χ1) is 9.07. The molecule has 0 aliphatic carbocycles. The van der Waals surface area contributed by atoms with E-state index in [0.717, 1.165) is 32.6 Å². The fraction of sp³-hybridized carbons (Fsp3) is 0.688. The Labute approximate surface area is 118 Å². The standard InChI is InChI=1S/C16H29N3/c1-4-19(14-15-6-11-18-12-7-15)13-5-8-16(2,3)9-10-17/h6-7,11-12H,4-5,8-10,13-14,17H2,1-3H3. The second-order valence-electron chi connectivity index (χ2n) is 6.03. The highest BCUT2D eigenvalue weighted by atomic mass is 15.1. The van der Waals surface area contributed by atoms with Crippen LogP contribution in [0.4, 0.5) is 0 Å². The Kier molecular flexibility index (Phi) is 7.03. The molecule has 0 atom stereocenters. The quantitative estimate of drug-likeness (QED) is 0.744. The molecule has 0 amide bonds. The Bertz CT molecular complexity index is 335. The molecule has 1 aromatic rings. The molecule has 0 aliphatic heterocycles. The van der Waals surface area contributed by atoms with Gasteiger partial charge in [0.15, 0.2) is 0 Å². The molecular formula is C16H29N3. The molecule has 0 fully saturated rings. The van der Waals surface area contributed by atoms with Gasteiger partial charge >= 0.3 is 0 Å². The fourth-order valence-electron chi connectivity index (χ4n) is 2.39. The molecule has 3 nitrogen and oxygen atoms in total. The van der Waals surface area contributed by atoms with Crippen LogP contribution in [-0.4, -0.2) is 29.5 Å². The first kappa shape index (κ1) is 16.1. The molecule has 1 heterocycles. The van der Waals surface area contributed by atoms with Gasteiger partial charge in [0.25, 0.3) is 0 Å². The van der Waals surface area contributed by atoms with Crippen LogP contribution in [0, 0.1) is 5.41 Å². The van der Waals surface area contributed by atoms with Crippen molar-refractivity contribution in [2.45, 2.75) is 46.6 Å². The normalized spacial score (nSPS) is 12.1. The van der Waals surface area contributed by atoms with E-state index in [9.17, 15) is 0 Å². The van der Waals surface area contributed by atoms with Gasteiger partial charge in [0, 0.05) is 18.9 Å². The number of nitrogens with two attached hydrogens (primary N) is 1. The van der Waals surface area contributed by atoms with Gasteiger partial charge in [-0.2, -0.15) is 0 Å². The van der Waals surface area contributed by atoms with Crippen molar-refractivity contribution < 1.29 is 0 Å².